The molecule has 4 rings (SSSR count). The van der Waals surface area contributed by atoms with Crippen molar-refractivity contribution in [3.8, 4) is 5.75 Å². The number of carbonyl (C=O) groups is 1. The van der Waals surface area contributed by atoms with Crippen molar-refractivity contribution in [2.75, 3.05) is 23.8 Å². The first-order valence-corrected chi connectivity index (χ1v) is 10.5. The van der Waals surface area contributed by atoms with Crippen molar-refractivity contribution >= 4 is 46.4 Å². The molecule has 160 valence electrons. The van der Waals surface area contributed by atoms with Gasteiger partial charge in [-0.05, 0) is 37.3 Å². The Morgan fingerprint density at radius 1 is 1.19 bits per heavy atom. The molecule has 2 heterocycles. The Balaban J connectivity index is 1.59. The van der Waals surface area contributed by atoms with Crippen molar-refractivity contribution in [2.45, 2.75) is 20.0 Å². The number of halogens is 2. The molecular formula is C22H20Cl2N4O3. The van der Waals surface area contributed by atoms with Crippen LogP contribution in [0, 0.1) is 0 Å². The number of nitrogens with zero attached hydrogens (tertiary/aromatic N) is 2. The molecule has 0 unspecified atom stereocenters. The zero-order valence-electron chi connectivity index (χ0n) is 16.7. The van der Waals surface area contributed by atoms with Crippen molar-refractivity contribution in [1.82, 2.24) is 9.97 Å². The largest absolute Gasteiger partial charge is 0.488 e. The molecule has 7 nitrogen and oxygen atoms in total. The van der Waals surface area contributed by atoms with Crippen LogP contribution in [0.1, 0.15) is 28.5 Å². The number of fused-ring (bicyclic) bond motifs is 1. The predicted octanol–water partition coefficient (Wildman–Crippen LogP) is 5.25. The summed E-state index contributed by atoms with van der Waals surface area (Å²) in [5, 5.41) is 7.56. The van der Waals surface area contributed by atoms with Gasteiger partial charge in [-0.3, -0.25) is 0 Å². The second-order valence-electron chi connectivity index (χ2n) is 6.80. The lowest BCUT2D eigenvalue weighted by molar-refractivity contribution is 0.0521. The minimum Gasteiger partial charge on any atom is -0.488 e. The molecule has 0 saturated carbocycles. The Kier molecular flexibility index (Phi) is 6.44. The average Bonchev–Trinajstić information content (AvgIpc) is 3.24. The minimum absolute atomic E-state index is 0.179. The van der Waals surface area contributed by atoms with E-state index >= 15 is 0 Å². The number of carbonyl (C=O) groups excluding carboxylic acids is 1. The fraction of sp³-hybridized carbons (Fsp3) is 0.227. The van der Waals surface area contributed by atoms with Gasteiger partial charge >= 0.3 is 5.97 Å². The molecule has 0 atom stereocenters. The Hall–Kier alpha value is -3.03. The summed E-state index contributed by atoms with van der Waals surface area (Å²) in [6.45, 7) is 3.00. The van der Waals surface area contributed by atoms with E-state index in [1.807, 2.05) is 6.07 Å². The summed E-state index contributed by atoms with van der Waals surface area (Å²) >= 11 is 12.2. The fourth-order valence-corrected chi connectivity index (χ4v) is 3.69. The molecule has 0 bridgehead atoms. The van der Waals surface area contributed by atoms with Crippen LogP contribution in [0.15, 0.2) is 42.7 Å². The maximum absolute atomic E-state index is 12.6. The Morgan fingerprint density at radius 2 is 2.06 bits per heavy atom. The molecule has 1 aromatic heterocycles. The van der Waals surface area contributed by atoms with Gasteiger partial charge in [0.05, 0.1) is 18.0 Å². The van der Waals surface area contributed by atoms with E-state index in [1.54, 1.807) is 37.3 Å². The van der Waals surface area contributed by atoms with Crippen LogP contribution in [0.3, 0.4) is 0 Å². The molecule has 0 aliphatic carbocycles. The molecule has 0 amide bonds. The van der Waals surface area contributed by atoms with Crippen LogP contribution < -0.4 is 15.4 Å². The predicted molar refractivity (Wildman–Crippen MR) is 121 cm³/mol. The highest BCUT2D eigenvalue weighted by Crippen LogP contribution is 2.32. The third-order valence-corrected chi connectivity index (χ3v) is 5.31. The number of benzene rings is 2. The standard InChI is InChI=1S/C22H20Cl2N4O3/c1-2-30-22(29)16-10-15(28-21-20-18(7-8-25-20)26-12-27-21)5-6-19(16)31-11-13-3-4-14(23)9-17(13)24/h3-6,9-10,12,25H,2,7-8,11H2,1H3,(H,26,27,28). The molecule has 1 aliphatic rings. The molecule has 31 heavy (non-hydrogen) atoms. The van der Waals surface area contributed by atoms with Crippen LogP contribution in [0.2, 0.25) is 10.0 Å². The number of nitrogens with one attached hydrogen (secondary N) is 2. The third kappa shape index (κ3) is 4.84. The van der Waals surface area contributed by atoms with Crippen LogP contribution in [-0.2, 0) is 17.8 Å². The molecule has 0 radical (unpaired) electrons. The lowest BCUT2D eigenvalue weighted by Crippen LogP contribution is -2.09. The van der Waals surface area contributed by atoms with E-state index in [0.717, 1.165) is 29.9 Å². The van der Waals surface area contributed by atoms with Gasteiger partial charge in [0.2, 0.25) is 0 Å². The summed E-state index contributed by atoms with van der Waals surface area (Å²) in [6, 6.07) is 10.4. The summed E-state index contributed by atoms with van der Waals surface area (Å²) in [4.78, 5) is 21.2. The highest BCUT2D eigenvalue weighted by Gasteiger charge is 2.19. The second kappa shape index (κ2) is 9.41. The highest BCUT2D eigenvalue weighted by atomic mass is 35.5. The molecule has 3 aromatic rings. The van der Waals surface area contributed by atoms with Crippen LogP contribution in [0.4, 0.5) is 17.2 Å². The van der Waals surface area contributed by atoms with Crippen LogP contribution in [-0.4, -0.2) is 29.1 Å². The van der Waals surface area contributed by atoms with Crippen molar-refractivity contribution in [1.29, 1.82) is 0 Å². The Bertz CT molecular complexity index is 1120. The van der Waals surface area contributed by atoms with Crippen molar-refractivity contribution < 1.29 is 14.3 Å². The van der Waals surface area contributed by atoms with Crippen LogP contribution in [0.25, 0.3) is 0 Å². The van der Waals surface area contributed by atoms with Gasteiger partial charge in [0, 0.05) is 34.3 Å². The van der Waals surface area contributed by atoms with Crippen molar-refractivity contribution in [3.63, 3.8) is 0 Å². The monoisotopic (exact) mass is 458 g/mol. The number of ether oxygens (including phenoxy) is 2. The molecule has 2 N–H and O–H groups in total. The van der Waals surface area contributed by atoms with Crippen LogP contribution >= 0.6 is 23.2 Å². The van der Waals surface area contributed by atoms with E-state index in [4.69, 9.17) is 32.7 Å². The molecule has 0 saturated heterocycles. The maximum Gasteiger partial charge on any atom is 0.341 e. The molecule has 0 spiro atoms. The summed E-state index contributed by atoms with van der Waals surface area (Å²) in [6.07, 6.45) is 2.37. The first-order chi connectivity index (χ1) is 15.0. The number of hydrogen-bond acceptors (Lipinski definition) is 7. The second-order valence-corrected chi connectivity index (χ2v) is 7.65. The first-order valence-electron chi connectivity index (χ1n) is 9.78. The number of aromatic nitrogens is 2. The minimum atomic E-state index is -0.477. The number of esters is 1. The Morgan fingerprint density at radius 3 is 2.87 bits per heavy atom. The van der Waals surface area contributed by atoms with Gasteiger partial charge in [0.1, 0.15) is 24.2 Å². The smallest absolute Gasteiger partial charge is 0.341 e. The number of anilines is 3. The summed E-state index contributed by atoms with van der Waals surface area (Å²) in [5.74, 6) is 0.564. The van der Waals surface area contributed by atoms with Crippen LogP contribution in [0.5, 0.6) is 5.75 Å². The van der Waals surface area contributed by atoms with Gasteiger partial charge in [-0.15, -0.1) is 0 Å². The summed E-state index contributed by atoms with van der Waals surface area (Å²) in [5.41, 5.74) is 3.57. The zero-order chi connectivity index (χ0) is 21.8. The van der Waals surface area contributed by atoms with Gasteiger partial charge in [0.15, 0.2) is 5.82 Å². The molecule has 1 aliphatic heterocycles. The summed E-state index contributed by atoms with van der Waals surface area (Å²) in [7, 11) is 0. The SMILES string of the molecule is CCOC(=O)c1cc(Nc2ncnc3c2NCC3)ccc1OCc1ccc(Cl)cc1Cl. The molecule has 2 aromatic carbocycles. The lowest BCUT2D eigenvalue weighted by atomic mass is 10.1. The quantitative estimate of drug-likeness (QED) is 0.467. The molecular weight excluding hydrogens is 439 g/mol. The lowest BCUT2D eigenvalue weighted by Gasteiger charge is -2.15. The zero-order valence-corrected chi connectivity index (χ0v) is 18.3. The normalized spacial score (nSPS) is 12.1. The maximum atomic E-state index is 12.6. The van der Waals surface area contributed by atoms with E-state index in [0.29, 0.717) is 32.9 Å². The van der Waals surface area contributed by atoms with Gasteiger partial charge in [-0.1, -0.05) is 29.3 Å². The fourth-order valence-electron chi connectivity index (χ4n) is 3.23. The van der Waals surface area contributed by atoms with E-state index in [-0.39, 0.29) is 13.2 Å². The average molecular weight is 459 g/mol. The van der Waals surface area contributed by atoms with E-state index in [1.165, 1.54) is 6.33 Å². The van der Waals surface area contributed by atoms with Gasteiger partial charge in [-0.2, -0.15) is 0 Å². The van der Waals surface area contributed by atoms with Gasteiger partial charge in [0.25, 0.3) is 0 Å². The topological polar surface area (TPSA) is 85.4 Å². The van der Waals surface area contributed by atoms with E-state index in [2.05, 4.69) is 20.6 Å². The third-order valence-electron chi connectivity index (χ3n) is 4.73. The highest BCUT2D eigenvalue weighted by molar-refractivity contribution is 6.35. The van der Waals surface area contributed by atoms with Crippen molar-refractivity contribution in [3.05, 3.63) is 69.6 Å². The van der Waals surface area contributed by atoms with E-state index in [9.17, 15) is 4.79 Å². The van der Waals surface area contributed by atoms with Crippen molar-refractivity contribution in [2.24, 2.45) is 0 Å². The van der Waals surface area contributed by atoms with Gasteiger partial charge < -0.3 is 20.1 Å². The number of hydrogen-bond donors (Lipinski definition) is 2. The number of rotatable bonds is 7. The Labute approximate surface area is 189 Å². The first kappa shape index (κ1) is 21.2. The molecule has 0 fully saturated rings. The van der Waals surface area contributed by atoms with Gasteiger partial charge in [-0.25, -0.2) is 14.8 Å². The van der Waals surface area contributed by atoms with E-state index < -0.39 is 5.97 Å². The summed E-state index contributed by atoms with van der Waals surface area (Å²) < 4.78 is 11.1. The molecule has 9 heteroatoms.